The zero-order chi connectivity index (χ0) is 17.5. The Hall–Kier alpha value is -1.92. The number of rotatable bonds is 6. The molecule has 132 valence electrons. The number of amides is 2. The highest BCUT2D eigenvalue weighted by atomic mass is 16.5. The van der Waals surface area contributed by atoms with Gasteiger partial charge in [-0.1, -0.05) is 25.1 Å². The molecule has 1 fully saturated rings. The average molecular weight is 333 g/mol. The summed E-state index contributed by atoms with van der Waals surface area (Å²) in [6, 6.07) is 7.44. The van der Waals surface area contributed by atoms with Gasteiger partial charge in [0.15, 0.2) is 0 Å². The molecule has 1 heterocycles. The van der Waals surface area contributed by atoms with Crippen LogP contribution in [-0.2, 0) is 20.7 Å². The number of nitrogens with one attached hydrogen (secondary N) is 1. The fourth-order valence-corrected chi connectivity index (χ4v) is 2.74. The number of hydrogen-bond donors (Lipinski definition) is 1. The van der Waals surface area contributed by atoms with E-state index in [-0.39, 0.29) is 24.4 Å². The van der Waals surface area contributed by atoms with Crippen molar-refractivity contribution >= 4 is 17.5 Å². The molecule has 0 bridgehead atoms. The van der Waals surface area contributed by atoms with E-state index in [9.17, 15) is 9.59 Å². The third-order valence-electron chi connectivity index (χ3n) is 4.41. The first-order valence-electron chi connectivity index (χ1n) is 8.47. The molecule has 6 nitrogen and oxygen atoms in total. The fraction of sp³-hybridized carbons (Fsp3) is 0.556. The number of likely N-dealkylation sites (N-methyl/N-ethyl adjacent to an activating group) is 1. The van der Waals surface area contributed by atoms with Gasteiger partial charge in [0.2, 0.25) is 11.8 Å². The molecule has 1 unspecified atom stereocenters. The van der Waals surface area contributed by atoms with Gasteiger partial charge in [0.05, 0.1) is 25.8 Å². The van der Waals surface area contributed by atoms with Crippen LogP contribution in [0, 0.1) is 0 Å². The lowest BCUT2D eigenvalue weighted by atomic mass is 10.1. The maximum Gasteiger partial charge on any atom is 0.239 e. The monoisotopic (exact) mass is 333 g/mol. The van der Waals surface area contributed by atoms with Gasteiger partial charge in [-0.15, -0.1) is 0 Å². The van der Waals surface area contributed by atoms with Crippen molar-refractivity contribution in [1.82, 2.24) is 9.80 Å². The number of ether oxygens (including phenoxy) is 1. The molecule has 1 aliphatic heterocycles. The van der Waals surface area contributed by atoms with Gasteiger partial charge >= 0.3 is 0 Å². The minimum atomic E-state index is -0.338. The molecule has 1 saturated heterocycles. The molecule has 6 heteroatoms. The molecule has 0 radical (unpaired) electrons. The Balaban J connectivity index is 1.89. The van der Waals surface area contributed by atoms with Gasteiger partial charge in [-0.2, -0.15) is 0 Å². The number of anilines is 1. The number of morpholine rings is 1. The van der Waals surface area contributed by atoms with Crippen LogP contribution in [0.2, 0.25) is 0 Å². The maximum atomic E-state index is 12.5. The van der Waals surface area contributed by atoms with Crippen LogP contribution in [-0.4, -0.2) is 67.6 Å². The minimum Gasteiger partial charge on any atom is -0.378 e. The molecule has 0 aliphatic carbocycles. The van der Waals surface area contributed by atoms with Gasteiger partial charge in [-0.05, 0) is 32.0 Å². The van der Waals surface area contributed by atoms with E-state index < -0.39 is 0 Å². The van der Waals surface area contributed by atoms with Crippen molar-refractivity contribution in [2.24, 2.45) is 0 Å². The van der Waals surface area contributed by atoms with E-state index in [0.29, 0.717) is 26.3 Å². The molecule has 1 aromatic rings. The lowest BCUT2D eigenvalue weighted by Crippen LogP contribution is -2.50. The van der Waals surface area contributed by atoms with Crippen LogP contribution in [0.1, 0.15) is 19.4 Å². The van der Waals surface area contributed by atoms with Crippen molar-refractivity contribution in [3.63, 3.8) is 0 Å². The van der Waals surface area contributed by atoms with E-state index in [0.717, 1.165) is 17.7 Å². The number of carbonyl (C=O) groups excluding carboxylic acids is 2. The maximum absolute atomic E-state index is 12.5. The van der Waals surface area contributed by atoms with E-state index >= 15 is 0 Å². The smallest absolute Gasteiger partial charge is 0.239 e. The van der Waals surface area contributed by atoms with Crippen LogP contribution in [0.5, 0.6) is 0 Å². The molecular weight excluding hydrogens is 306 g/mol. The van der Waals surface area contributed by atoms with Crippen LogP contribution in [0.25, 0.3) is 0 Å². The summed E-state index contributed by atoms with van der Waals surface area (Å²) in [7, 11) is 1.80. The van der Waals surface area contributed by atoms with Crippen molar-refractivity contribution in [1.29, 1.82) is 0 Å². The van der Waals surface area contributed by atoms with E-state index in [1.807, 2.05) is 31.2 Å². The summed E-state index contributed by atoms with van der Waals surface area (Å²) >= 11 is 0. The minimum absolute atomic E-state index is 0.0440. The average Bonchev–Trinajstić information content (AvgIpc) is 2.61. The number of para-hydroxylation sites is 1. The van der Waals surface area contributed by atoms with E-state index in [2.05, 4.69) is 12.2 Å². The summed E-state index contributed by atoms with van der Waals surface area (Å²) in [5.74, 6) is -0.0671. The van der Waals surface area contributed by atoms with Gasteiger partial charge in [0, 0.05) is 18.8 Å². The predicted octanol–water partition coefficient (Wildman–Crippen LogP) is 1.37. The molecule has 0 aromatic heterocycles. The van der Waals surface area contributed by atoms with Crippen LogP contribution < -0.4 is 5.32 Å². The third-order valence-corrected chi connectivity index (χ3v) is 4.41. The highest BCUT2D eigenvalue weighted by Gasteiger charge is 2.26. The van der Waals surface area contributed by atoms with Crippen molar-refractivity contribution in [3.05, 3.63) is 29.8 Å². The van der Waals surface area contributed by atoms with E-state index in [4.69, 9.17) is 4.74 Å². The predicted molar refractivity (Wildman–Crippen MR) is 93.9 cm³/mol. The Morgan fingerprint density at radius 3 is 2.62 bits per heavy atom. The first-order valence-corrected chi connectivity index (χ1v) is 8.47. The molecule has 1 atom stereocenters. The highest BCUT2D eigenvalue weighted by Crippen LogP contribution is 2.15. The summed E-state index contributed by atoms with van der Waals surface area (Å²) in [6.45, 7) is 6.47. The van der Waals surface area contributed by atoms with Crippen molar-refractivity contribution in [3.8, 4) is 0 Å². The summed E-state index contributed by atoms with van der Waals surface area (Å²) in [4.78, 5) is 28.4. The Kier molecular flexibility index (Phi) is 6.75. The summed E-state index contributed by atoms with van der Waals surface area (Å²) in [5, 5.41) is 2.94. The number of nitrogens with zero attached hydrogens (tertiary/aromatic N) is 2. The molecule has 1 aliphatic rings. The first-order chi connectivity index (χ1) is 11.5. The van der Waals surface area contributed by atoms with E-state index in [1.165, 1.54) is 0 Å². The van der Waals surface area contributed by atoms with Crippen LogP contribution >= 0.6 is 0 Å². The Labute approximate surface area is 143 Å². The molecule has 0 spiro atoms. The van der Waals surface area contributed by atoms with Crippen molar-refractivity contribution in [2.45, 2.75) is 26.3 Å². The van der Waals surface area contributed by atoms with E-state index in [1.54, 1.807) is 16.8 Å². The van der Waals surface area contributed by atoms with Gasteiger partial charge in [-0.25, -0.2) is 0 Å². The lowest BCUT2D eigenvalue weighted by Gasteiger charge is -2.32. The molecular formula is C18H27N3O3. The molecule has 2 amide bonds. The van der Waals surface area contributed by atoms with Crippen LogP contribution in [0.4, 0.5) is 5.69 Å². The van der Waals surface area contributed by atoms with Gasteiger partial charge in [0.25, 0.3) is 0 Å². The summed E-state index contributed by atoms with van der Waals surface area (Å²) < 4.78 is 5.27. The number of hydrogen-bond acceptors (Lipinski definition) is 4. The third kappa shape index (κ3) is 4.79. The first kappa shape index (κ1) is 18.4. The van der Waals surface area contributed by atoms with Crippen LogP contribution in [0.3, 0.4) is 0 Å². The zero-order valence-corrected chi connectivity index (χ0v) is 14.7. The standard InChI is InChI=1S/C18H27N3O3/c1-4-15-7-5-6-8-16(15)19-17(22)13-20(3)14(2)18(23)21-9-11-24-12-10-21/h5-8,14H,4,9-13H2,1-3H3,(H,19,22). The molecule has 0 saturated carbocycles. The second-order valence-electron chi connectivity index (χ2n) is 6.09. The lowest BCUT2D eigenvalue weighted by molar-refractivity contribution is -0.140. The Morgan fingerprint density at radius 2 is 1.96 bits per heavy atom. The van der Waals surface area contributed by atoms with Gasteiger partial charge in [0.1, 0.15) is 0 Å². The fourth-order valence-electron chi connectivity index (χ4n) is 2.74. The SMILES string of the molecule is CCc1ccccc1NC(=O)CN(C)C(C)C(=O)N1CCOCC1. The van der Waals surface area contributed by atoms with Crippen LogP contribution in [0.15, 0.2) is 24.3 Å². The molecule has 24 heavy (non-hydrogen) atoms. The second kappa shape index (κ2) is 8.80. The van der Waals surface area contributed by atoms with Gasteiger partial charge < -0.3 is 15.0 Å². The normalized spacial score (nSPS) is 16.1. The molecule has 1 N–H and O–H groups in total. The number of aryl methyl sites for hydroxylation is 1. The number of carbonyl (C=O) groups is 2. The second-order valence-corrected chi connectivity index (χ2v) is 6.09. The quantitative estimate of drug-likeness (QED) is 0.854. The zero-order valence-electron chi connectivity index (χ0n) is 14.7. The largest absolute Gasteiger partial charge is 0.378 e. The Morgan fingerprint density at radius 1 is 1.29 bits per heavy atom. The van der Waals surface area contributed by atoms with Crippen molar-refractivity contribution < 1.29 is 14.3 Å². The Bertz CT molecular complexity index is 570. The topological polar surface area (TPSA) is 61.9 Å². The summed E-state index contributed by atoms with van der Waals surface area (Å²) in [6.07, 6.45) is 0.859. The number of benzene rings is 1. The van der Waals surface area contributed by atoms with Crippen molar-refractivity contribution in [2.75, 3.05) is 45.2 Å². The molecule has 1 aromatic carbocycles. The molecule has 2 rings (SSSR count). The summed E-state index contributed by atoms with van der Waals surface area (Å²) in [5.41, 5.74) is 1.94. The highest BCUT2D eigenvalue weighted by molar-refractivity contribution is 5.93. The van der Waals surface area contributed by atoms with Gasteiger partial charge in [-0.3, -0.25) is 14.5 Å².